The number of aromatic nitrogens is 2. The molecule has 0 unspecified atom stereocenters. The second-order valence-corrected chi connectivity index (χ2v) is 5.61. The van der Waals surface area contributed by atoms with E-state index in [2.05, 4.69) is 10.2 Å². The number of anilines is 1. The number of carbonyl (C=O) groups excluding carboxylic acids is 1. The van der Waals surface area contributed by atoms with Gasteiger partial charge in [0, 0.05) is 44.5 Å². The zero-order valence-corrected chi connectivity index (χ0v) is 13.5. The lowest BCUT2D eigenvalue weighted by molar-refractivity contribution is -0.394. The molecule has 11 heteroatoms. The van der Waals surface area contributed by atoms with Crippen LogP contribution in [0.5, 0.6) is 0 Å². The molecule has 1 saturated heterocycles. The van der Waals surface area contributed by atoms with Crippen LogP contribution in [0.25, 0.3) is 0 Å². The maximum Gasteiger partial charge on any atom is 0.277 e. The topological polar surface area (TPSA) is 136 Å². The number of non-ortho nitro benzene ring substituents is 2. The normalized spacial score (nSPS) is 14.2. The molecule has 11 nitrogen and oxygen atoms in total. The molecule has 0 spiro atoms. The Balaban J connectivity index is 1.76. The smallest absolute Gasteiger partial charge is 0.277 e. The summed E-state index contributed by atoms with van der Waals surface area (Å²) in [7, 11) is 0. The minimum absolute atomic E-state index is 0.0705. The Morgan fingerprint density at radius 1 is 1.00 bits per heavy atom. The number of nitro benzene ring substituents is 2. The maximum absolute atomic E-state index is 12.6. The fourth-order valence-corrected chi connectivity index (χ4v) is 2.71. The molecule has 1 aliphatic heterocycles. The van der Waals surface area contributed by atoms with Crippen LogP contribution in [0.4, 0.5) is 17.2 Å². The van der Waals surface area contributed by atoms with E-state index >= 15 is 0 Å². The van der Waals surface area contributed by atoms with Gasteiger partial charge in [0.1, 0.15) is 0 Å². The van der Waals surface area contributed by atoms with Gasteiger partial charge in [0.05, 0.1) is 21.5 Å². The van der Waals surface area contributed by atoms with Crippen molar-refractivity contribution in [2.75, 3.05) is 31.1 Å². The van der Waals surface area contributed by atoms with Gasteiger partial charge < -0.3 is 9.80 Å². The van der Waals surface area contributed by atoms with Gasteiger partial charge in [-0.25, -0.2) is 0 Å². The lowest BCUT2D eigenvalue weighted by atomic mass is 10.1. The summed E-state index contributed by atoms with van der Waals surface area (Å²) in [5.74, 6) is 0.223. The summed E-state index contributed by atoms with van der Waals surface area (Å²) in [5.41, 5.74) is -1.04. The standard InChI is InChI=1S/C15H14N6O5/c22-15(11-8-12(20(23)24)10-13(9-11)21(25)26)19-6-4-18(5-7-19)14-2-1-3-16-17-14/h1-3,8-10H,4-7H2. The highest BCUT2D eigenvalue weighted by Gasteiger charge is 2.26. The zero-order valence-electron chi connectivity index (χ0n) is 13.5. The molecule has 0 saturated carbocycles. The van der Waals surface area contributed by atoms with E-state index < -0.39 is 27.1 Å². The summed E-state index contributed by atoms with van der Waals surface area (Å²) in [4.78, 5) is 36.5. The van der Waals surface area contributed by atoms with Crippen LogP contribution in [0.2, 0.25) is 0 Å². The van der Waals surface area contributed by atoms with Crippen molar-refractivity contribution in [1.82, 2.24) is 15.1 Å². The molecule has 2 aromatic rings. The van der Waals surface area contributed by atoms with Crippen molar-refractivity contribution < 1.29 is 14.6 Å². The second kappa shape index (κ2) is 7.09. The number of amides is 1. The van der Waals surface area contributed by atoms with Crippen LogP contribution in [0.3, 0.4) is 0 Å². The maximum atomic E-state index is 12.6. The largest absolute Gasteiger partial charge is 0.352 e. The van der Waals surface area contributed by atoms with Gasteiger partial charge in [0.15, 0.2) is 5.82 Å². The van der Waals surface area contributed by atoms with E-state index in [1.54, 1.807) is 12.3 Å². The molecule has 0 atom stereocenters. The van der Waals surface area contributed by atoms with Gasteiger partial charge in [-0.15, -0.1) is 5.10 Å². The first-order chi connectivity index (χ1) is 12.5. The molecular weight excluding hydrogens is 344 g/mol. The predicted molar refractivity (Wildman–Crippen MR) is 89.9 cm³/mol. The van der Waals surface area contributed by atoms with Gasteiger partial charge >= 0.3 is 0 Å². The summed E-state index contributed by atoms with van der Waals surface area (Å²) in [5, 5.41) is 29.8. The van der Waals surface area contributed by atoms with Gasteiger partial charge in [0.2, 0.25) is 0 Å². The highest BCUT2D eigenvalue weighted by Crippen LogP contribution is 2.24. The van der Waals surface area contributed by atoms with E-state index in [-0.39, 0.29) is 5.56 Å². The quantitative estimate of drug-likeness (QED) is 0.588. The first kappa shape index (κ1) is 17.2. The van der Waals surface area contributed by atoms with E-state index in [1.165, 1.54) is 4.90 Å². The average Bonchev–Trinajstić information content (AvgIpc) is 2.67. The summed E-state index contributed by atoms with van der Waals surface area (Å²) in [6, 6.07) is 6.54. The minimum atomic E-state index is -0.754. The molecular formula is C15H14N6O5. The van der Waals surface area contributed by atoms with Gasteiger partial charge in [-0.05, 0) is 12.1 Å². The molecule has 1 fully saturated rings. The van der Waals surface area contributed by atoms with Crippen LogP contribution in [-0.2, 0) is 0 Å². The van der Waals surface area contributed by atoms with Crippen molar-refractivity contribution in [3.8, 4) is 0 Å². The fraction of sp³-hybridized carbons (Fsp3) is 0.267. The third kappa shape index (κ3) is 3.55. The molecule has 134 valence electrons. The number of hydrogen-bond donors (Lipinski definition) is 0. The number of nitrogens with zero attached hydrogens (tertiary/aromatic N) is 6. The number of hydrogen-bond acceptors (Lipinski definition) is 8. The number of rotatable bonds is 4. The Morgan fingerprint density at radius 3 is 2.12 bits per heavy atom. The van der Waals surface area contributed by atoms with Crippen molar-refractivity contribution in [1.29, 1.82) is 0 Å². The molecule has 1 amide bonds. The summed E-state index contributed by atoms with van der Waals surface area (Å²) in [6.45, 7) is 1.76. The number of carbonyl (C=O) groups is 1. The zero-order chi connectivity index (χ0) is 18.7. The van der Waals surface area contributed by atoms with Crippen LogP contribution >= 0.6 is 0 Å². The lowest BCUT2D eigenvalue weighted by Crippen LogP contribution is -2.49. The monoisotopic (exact) mass is 358 g/mol. The third-order valence-corrected chi connectivity index (χ3v) is 4.02. The van der Waals surface area contributed by atoms with Gasteiger partial charge in [-0.1, -0.05) is 0 Å². The molecule has 2 heterocycles. The molecule has 26 heavy (non-hydrogen) atoms. The molecule has 1 aliphatic rings. The van der Waals surface area contributed by atoms with E-state index in [4.69, 9.17) is 0 Å². The van der Waals surface area contributed by atoms with Crippen molar-refractivity contribution in [2.24, 2.45) is 0 Å². The molecule has 0 radical (unpaired) electrons. The van der Waals surface area contributed by atoms with E-state index in [1.807, 2.05) is 11.0 Å². The molecule has 1 aromatic heterocycles. The van der Waals surface area contributed by atoms with Crippen molar-refractivity contribution in [2.45, 2.75) is 0 Å². The number of benzene rings is 1. The third-order valence-electron chi connectivity index (χ3n) is 4.02. The average molecular weight is 358 g/mol. The van der Waals surface area contributed by atoms with Crippen LogP contribution in [-0.4, -0.2) is 57.0 Å². The molecule has 1 aromatic carbocycles. The van der Waals surface area contributed by atoms with Crippen LogP contribution < -0.4 is 4.90 Å². The van der Waals surface area contributed by atoms with E-state index in [0.29, 0.717) is 32.0 Å². The number of nitro groups is 2. The predicted octanol–water partition coefficient (Wildman–Crippen LogP) is 1.26. The molecule has 0 aliphatic carbocycles. The van der Waals surface area contributed by atoms with Gasteiger partial charge in [0.25, 0.3) is 17.3 Å². The first-order valence-electron chi connectivity index (χ1n) is 7.71. The van der Waals surface area contributed by atoms with E-state index in [9.17, 15) is 25.0 Å². The summed E-state index contributed by atoms with van der Waals surface area (Å²) >= 11 is 0. The van der Waals surface area contributed by atoms with Crippen LogP contribution in [0.1, 0.15) is 10.4 Å². The lowest BCUT2D eigenvalue weighted by Gasteiger charge is -2.35. The molecule has 0 bridgehead atoms. The van der Waals surface area contributed by atoms with Crippen molar-refractivity contribution in [3.63, 3.8) is 0 Å². The second-order valence-electron chi connectivity index (χ2n) is 5.61. The van der Waals surface area contributed by atoms with Gasteiger partial charge in [-0.2, -0.15) is 5.10 Å². The number of piperazine rings is 1. The van der Waals surface area contributed by atoms with E-state index in [0.717, 1.165) is 18.2 Å². The Kier molecular flexibility index (Phi) is 4.69. The molecule has 3 rings (SSSR count). The highest BCUT2D eigenvalue weighted by atomic mass is 16.6. The minimum Gasteiger partial charge on any atom is -0.352 e. The fourth-order valence-electron chi connectivity index (χ4n) is 2.71. The first-order valence-corrected chi connectivity index (χ1v) is 7.71. The summed E-state index contributed by atoms with van der Waals surface area (Å²) in [6.07, 6.45) is 1.57. The Bertz CT molecular complexity index is 819. The highest BCUT2D eigenvalue weighted by molar-refractivity contribution is 5.95. The summed E-state index contributed by atoms with van der Waals surface area (Å²) < 4.78 is 0. The SMILES string of the molecule is O=C(c1cc([N+](=O)[O-])cc([N+](=O)[O-])c1)N1CCN(c2cccnn2)CC1. The van der Waals surface area contributed by atoms with Crippen molar-refractivity contribution >= 4 is 23.1 Å². The van der Waals surface area contributed by atoms with Crippen molar-refractivity contribution in [3.05, 3.63) is 62.3 Å². The van der Waals surface area contributed by atoms with Crippen LogP contribution in [0, 0.1) is 20.2 Å². The Hall–Kier alpha value is -3.63. The van der Waals surface area contributed by atoms with Gasteiger partial charge in [-0.3, -0.25) is 25.0 Å². The Morgan fingerprint density at radius 2 is 1.62 bits per heavy atom. The molecule has 0 N–H and O–H groups in total. The Labute approximate surface area is 147 Å². The van der Waals surface area contributed by atoms with Crippen LogP contribution in [0.15, 0.2) is 36.5 Å².